The van der Waals surface area contributed by atoms with Gasteiger partial charge in [0.25, 0.3) is 0 Å². The van der Waals surface area contributed by atoms with Gasteiger partial charge in [0.15, 0.2) is 17.7 Å². The zero-order valence-electron chi connectivity index (χ0n) is 31.1. The van der Waals surface area contributed by atoms with Crippen molar-refractivity contribution in [3.8, 4) is 0 Å². The van der Waals surface area contributed by atoms with E-state index in [4.69, 9.17) is 25.3 Å². The summed E-state index contributed by atoms with van der Waals surface area (Å²) in [5, 5.41) is 25.6. The molecule has 4 heterocycles. The van der Waals surface area contributed by atoms with E-state index in [0.717, 1.165) is 29.0 Å². The van der Waals surface area contributed by atoms with E-state index in [2.05, 4.69) is 38.9 Å². The number of hydrogen-bond acceptors (Lipinski definition) is 22. The number of fused-ring (bicyclic) bond motifs is 1. The second-order valence-corrected chi connectivity index (χ2v) is 18.5. The van der Waals surface area contributed by atoms with Gasteiger partial charge in [-0.25, -0.2) is 43.2 Å². The van der Waals surface area contributed by atoms with E-state index in [1.54, 1.807) is 0 Å². The molecule has 30 nitrogen and oxygen atoms in total. The van der Waals surface area contributed by atoms with Gasteiger partial charge in [-0.15, -0.1) is 4.74 Å². The third kappa shape index (κ3) is 13.6. The number of rotatable bonds is 22. The number of H-pyrrole nitrogens is 1. The van der Waals surface area contributed by atoms with Crippen LogP contribution in [0.25, 0.3) is 11.2 Å². The molecule has 34 heteroatoms. The van der Waals surface area contributed by atoms with E-state index in [1.165, 1.54) is 13.8 Å². The molecule has 4 rings (SSSR count). The van der Waals surface area contributed by atoms with Crippen molar-refractivity contribution in [2.75, 3.05) is 37.8 Å². The Kier molecular flexibility index (Phi) is 16.3. The van der Waals surface area contributed by atoms with Crippen molar-refractivity contribution in [1.82, 2.24) is 39.9 Å². The molecule has 13 N–H and O–H groups in total. The summed E-state index contributed by atoms with van der Waals surface area (Å²) in [6.07, 6.45) is -7.21. The van der Waals surface area contributed by atoms with E-state index in [-0.39, 0.29) is 42.2 Å². The van der Waals surface area contributed by atoms with Crippen molar-refractivity contribution in [3.63, 3.8) is 0 Å². The molecule has 336 valence electrons. The Balaban J connectivity index is 1.20. The first-order chi connectivity index (χ1) is 27.8. The van der Waals surface area contributed by atoms with Crippen molar-refractivity contribution in [2.24, 2.45) is 11.1 Å². The molecule has 8 unspecified atom stereocenters. The number of ether oxygens (including phenoxy) is 1. The van der Waals surface area contributed by atoms with E-state index in [0.29, 0.717) is 4.74 Å². The van der Waals surface area contributed by atoms with Crippen LogP contribution >= 0.6 is 35.2 Å². The molecule has 0 aromatic carbocycles. The molecule has 0 spiro atoms. The van der Waals surface area contributed by atoms with Gasteiger partial charge in [-0.1, -0.05) is 25.6 Å². The number of aliphatic hydroxyl groups is 2. The molecule has 1 aliphatic rings. The first-order valence-electron chi connectivity index (χ1n) is 16.9. The van der Waals surface area contributed by atoms with Crippen molar-refractivity contribution in [2.45, 2.75) is 63.5 Å². The van der Waals surface area contributed by atoms with Gasteiger partial charge in [0.05, 0.1) is 32.1 Å². The summed E-state index contributed by atoms with van der Waals surface area (Å²) in [6.45, 7) is -0.362. The van der Waals surface area contributed by atoms with Crippen molar-refractivity contribution >= 4 is 69.1 Å². The Morgan fingerprint density at radius 2 is 1.75 bits per heavy atom. The number of carbonyl (C=O) groups is 3. The van der Waals surface area contributed by atoms with Gasteiger partial charge in [-0.3, -0.25) is 32.5 Å². The number of thioether (sulfide) groups is 1. The van der Waals surface area contributed by atoms with E-state index in [9.17, 15) is 67.5 Å². The number of nitrogen functional groups attached to an aromatic ring is 1. The molecule has 0 radical (unpaired) electrons. The predicted molar refractivity (Wildman–Crippen MR) is 199 cm³/mol. The maximum absolute atomic E-state index is 12.7. The average Bonchev–Trinajstić information content (AvgIpc) is 3.81. The zero-order chi connectivity index (χ0) is 44.8. The largest absolute Gasteiger partial charge is 0.481 e. The number of phosphoric ester groups is 3. The Labute approximate surface area is 339 Å². The maximum Gasteiger partial charge on any atom is 0.481 e. The molecular weight excluding hydrogens is 897 g/mol. The number of anilines is 1. The smallest absolute Gasteiger partial charge is 0.386 e. The highest BCUT2D eigenvalue weighted by atomic mass is 32.2. The summed E-state index contributed by atoms with van der Waals surface area (Å²) < 4.78 is 67.2. The number of nitrogens with two attached hydrogens (primary N) is 2. The number of aliphatic hydroxyl groups excluding tert-OH is 2. The monoisotopic (exact) mass is 938 g/mol. The lowest BCUT2D eigenvalue weighted by molar-refractivity contribution is -0.137. The summed E-state index contributed by atoms with van der Waals surface area (Å²) in [6, 6.07) is -1.20. The second kappa shape index (κ2) is 20.0. The van der Waals surface area contributed by atoms with Crippen LogP contribution in [0.3, 0.4) is 0 Å². The molecule has 1 fully saturated rings. The summed E-state index contributed by atoms with van der Waals surface area (Å²) in [5.41, 5.74) is 8.99. The number of nitrogens with one attached hydrogen (secondary N) is 3. The molecule has 1 saturated heterocycles. The van der Waals surface area contributed by atoms with Crippen LogP contribution in [-0.4, -0.2) is 138 Å². The molecule has 0 saturated carbocycles. The minimum Gasteiger partial charge on any atom is -0.386 e. The molecule has 60 heavy (non-hydrogen) atoms. The van der Waals surface area contributed by atoms with Crippen LogP contribution in [0, 0.1) is 5.41 Å². The van der Waals surface area contributed by atoms with Crippen molar-refractivity contribution in [3.05, 3.63) is 33.7 Å². The lowest BCUT2D eigenvalue weighted by Crippen LogP contribution is -2.46. The Morgan fingerprint density at radius 3 is 2.40 bits per heavy atom. The zero-order valence-corrected chi connectivity index (χ0v) is 34.6. The number of phosphoric acid groups is 3. The van der Waals surface area contributed by atoms with Gasteiger partial charge >= 0.3 is 34.9 Å². The van der Waals surface area contributed by atoms with E-state index in [1.807, 2.05) is 4.98 Å². The summed E-state index contributed by atoms with van der Waals surface area (Å²) >= 11 is 0.740. The Morgan fingerprint density at radius 1 is 1.07 bits per heavy atom. The van der Waals surface area contributed by atoms with Crippen molar-refractivity contribution in [1.29, 1.82) is 0 Å². The third-order valence-electron chi connectivity index (χ3n) is 8.04. The minimum absolute atomic E-state index is 0.00295. The number of carbonyl (C=O) groups excluding carboxylic acids is 3. The molecule has 3 aromatic heterocycles. The molecule has 3 aromatic rings. The molecule has 1 aliphatic heterocycles. The second-order valence-electron chi connectivity index (χ2n) is 13.2. The molecule has 2 amide bonds. The minimum atomic E-state index is -5.61. The van der Waals surface area contributed by atoms with E-state index < -0.39 is 114 Å². The van der Waals surface area contributed by atoms with Crippen LogP contribution in [0.15, 0.2) is 26.8 Å². The lowest BCUT2D eigenvalue weighted by atomic mass is 9.87. The topological polar surface area (TPSA) is 458 Å². The van der Waals surface area contributed by atoms with Crippen LogP contribution in [0.1, 0.15) is 26.5 Å². The van der Waals surface area contributed by atoms with Gasteiger partial charge in [-0.05, 0) is 0 Å². The number of aromatic nitrogens is 6. The highest BCUT2D eigenvalue weighted by Gasteiger charge is 2.50. The number of amides is 2. The standard InChI is InChI=1S/C26H41N10O20P3S/c1-26(2,18(39)21(40)30-4-3-14(37)29-5-6-60-23(41)12(27)7-36-24(42)34-25(43)54-36)9-52-59(49,50)56-58(47,48)51-8-13-17(55-57(44,45)46)16(38)22(53-13)35-11-33-15-19(28)31-10-32-20(15)35/h10-13,16-18,22,38-39H,3-9,27H2,1-2H3,(H,29,37)(H,30,40)(H,47,48)(H,49,50)(H2,28,31,32)(H,34,42,43)(H2,44,45,46). The third-order valence-corrected chi connectivity index (χ3v) is 12.1. The van der Waals surface area contributed by atoms with Crippen LogP contribution in [0.2, 0.25) is 0 Å². The summed E-state index contributed by atoms with van der Waals surface area (Å²) in [4.78, 5) is 112. The van der Waals surface area contributed by atoms with Crippen LogP contribution in [0.5, 0.6) is 0 Å². The maximum atomic E-state index is 12.7. The number of nitrogens with zero attached hydrogens (tertiary/aromatic N) is 5. The normalized spacial score (nSPS) is 21.6. The van der Waals surface area contributed by atoms with Crippen molar-refractivity contribution < 1.29 is 85.0 Å². The number of hydrogen-bond donors (Lipinski definition) is 11. The number of aromatic amines is 1. The molecule has 8 atom stereocenters. The SMILES string of the molecule is CC(C)(COP(=O)(O)OP(=O)(O)OCC1OC(n2cnc3c(N)ncnc32)C(O)C1OP(=O)(O)O)C(O)C(=O)NCCC(=O)NCCSC(=O)C(N)Cn1oc(=O)[nH]c1=O. The fourth-order valence-electron chi connectivity index (χ4n) is 5.08. The van der Waals surface area contributed by atoms with Gasteiger partial charge in [-0.2, -0.15) is 4.31 Å². The highest BCUT2D eigenvalue weighted by Crippen LogP contribution is 2.61. The summed E-state index contributed by atoms with van der Waals surface area (Å²) in [7, 11) is -16.5. The first-order valence-corrected chi connectivity index (χ1v) is 22.4. The first kappa shape index (κ1) is 48.9. The average molecular weight is 939 g/mol. The quantitative estimate of drug-likeness (QED) is 0.0339. The van der Waals surface area contributed by atoms with Crippen LogP contribution < -0.4 is 33.5 Å². The fourth-order valence-corrected chi connectivity index (χ4v) is 8.60. The van der Waals surface area contributed by atoms with Gasteiger partial charge in [0.2, 0.25) is 16.9 Å². The highest BCUT2D eigenvalue weighted by molar-refractivity contribution is 8.13. The lowest BCUT2D eigenvalue weighted by Gasteiger charge is -2.30. The van der Waals surface area contributed by atoms with Crippen LogP contribution in [0.4, 0.5) is 5.82 Å². The van der Waals surface area contributed by atoms with Crippen LogP contribution in [-0.2, 0) is 57.2 Å². The fraction of sp³-hybridized carbons (Fsp3) is 0.615. The van der Waals surface area contributed by atoms with Gasteiger partial charge in [0, 0.05) is 30.7 Å². The molecule has 0 bridgehead atoms. The van der Waals surface area contributed by atoms with Gasteiger partial charge in [0.1, 0.15) is 36.3 Å². The summed E-state index contributed by atoms with van der Waals surface area (Å²) in [5.74, 6) is -2.60. The molecule has 0 aliphatic carbocycles. The van der Waals surface area contributed by atoms with E-state index >= 15 is 0 Å². The number of imidazole rings is 1. The molecular formula is C26H41N10O20P3S. The Bertz CT molecular complexity index is 2280. The predicted octanol–water partition coefficient (Wildman–Crippen LogP) is -3.86. The van der Waals surface area contributed by atoms with Gasteiger partial charge < -0.3 is 61.1 Å². The Hall–Kier alpha value is -3.74.